The van der Waals surface area contributed by atoms with Gasteiger partial charge in [0.05, 0.1) is 0 Å². The van der Waals surface area contributed by atoms with Crippen LogP contribution in [0.2, 0.25) is 0 Å². The van der Waals surface area contributed by atoms with Crippen LogP contribution in [0.1, 0.15) is 30.4 Å². The van der Waals surface area contributed by atoms with Crippen molar-refractivity contribution in [3.8, 4) is 0 Å². The van der Waals surface area contributed by atoms with Gasteiger partial charge in [0.15, 0.2) is 0 Å². The number of hydrogen-bond donors (Lipinski definition) is 1. The fourth-order valence-corrected chi connectivity index (χ4v) is 2.96. The van der Waals surface area contributed by atoms with Gasteiger partial charge in [-0.1, -0.05) is 31.4 Å². The van der Waals surface area contributed by atoms with Crippen LogP contribution in [0.15, 0.2) is 18.2 Å². The smallest absolute Gasteiger partial charge is 0.0349 e. The molecule has 0 heterocycles. The Morgan fingerprint density at radius 2 is 1.93 bits per heavy atom. The van der Waals surface area contributed by atoms with Crippen molar-refractivity contribution in [2.75, 3.05) is 5.73 Å². The highest BCUT2D eigenvalue weighted by Gasteiger charge is 2.32. The number of anilines is 1. The molecule has 0 radical (unpaired) electrons. The molecule has 74 valence electrons. The zero-order valence-electron chi connectivity index (χ0n) is 8.50. The second kappa shape index (κ2) is 3.01. The Labute approximate surface area is 85.3 Å². The first-order valence-corrected chi connectivity index (χ1v) is 5.71. The van der Waals surface area contributed by atoms with Gasteiger partial charge in [0, 0.05) is 5.69 Å². The van der Waals surface area contributed by atoms with Crippen molar-refractivity contribution < 1.29 is 0 Å². The van der Waals surface area contributed by atoms with Crippen LogP contribution in [0.3, 0.4) is 0 Å². The average Bonchev–Trinajstić information content (AvgIpc) is 2.46. The molecule has 3 rings (SSSR count). The number of hydrogen-bond acceptors (Lipinski definition) is 1. The SMILES string of the molecule is Nc1cccc2c1CC(C1CCC1)C2. The summed E-state index contributed by atoms with van der Waals surface area (Å²) in [6.45, 7) is 0. The van der Waals surface area contributed by atoms with Crippen LogP contribution in [0.25, 0.3) is 0 Å². The Bertz CT molecular complexity index is 352. The summed E-state index contributed by atoms with van der Waals surface area (Å²) in [4.78, 5) is 0. The molecule has 1 saturated carbocycles. The predicted octanol–water partition coefficient (Wildman–Crippen LogP) is 2.78. The predicted molar refractivity (Wildman–Crippen MR) is 59.1 cm³/mol. The van der Waals surface area contributed by atoms with Gasteiger partial charge < -0.3 is 5.73 Å². The van der Waals surface area contributed by atoms with E-state index in [1.54, 1.807) is 0 Å². The fourth-order valence-electron chi connectivity index (χ4n) is 2.96. The van der Waals surface area contributed by atoms with Crippen LogP contribution in [0, 0.1) is 11.8 Å². The molecular formula is C13H17N. The van der Waals surface area contributed by atoms with Gasteiger partial charge in [0.2, 0.25) is 0 Å². The molecule has 2 aliphatic carbocycles. The van der Waals surface area contributed by atoms with E-state index < -0.39 is 0 Å². The number of rotatable bonds is 1. The third kappa shape index (κ3) is 1.15. The van der Waals surface area contributed by atoms with Crippen molar-refractivity contribution in [1.29, 1.82) is 0 Å². The fraction of sp³-hybridized carbons (Fsp3) is 0.538. The van der Waals surface area contributed by atoms with Gasteiger partial charge in [0.25, 0.3) is 0 Å². The van der Waals surface area contributed by atoms with Gasteiger partial charge in [-0.25, -0.2) is 0 Å². The van der Waals surface area contributed by atoms with E-state index in [4.69, 9.17) is 5.73 Å². The molecule has 0 bridgehead atoms. The second-order valence-electron chi connectivity index (χ2n) is 4.84. The topological polar surface area (TPSA) is 26.0 Å². The molecule has 1 nitrogen and oxygen atoms in total. The zero-order chi connectivity index (χ0) is 9.54. The van der Waals surface area contributed by atoms with Crippen LogP contribution in [0.5, 0.6) is 0 Å². The van der Waals surface area contributed by atoms with Gasteiger partial charge >= 0.3 is 0 Å². The molecule has 1 heteroatoms. The first-order chi connectivity index (χ1) is 6.84. The zero-order valence-corrected chi connectivity index (χ0v) is 8.50. The summed E-state index contributed by atoms with van der Waals surface area (Å²) < 4.78 is 0. The lowest BCUT2D eigenvalue weighted by atomic mass is 9.75. The Kier molecular flexibility index (Phi) is 1.79. The van der Waals surface area contributed by atoms with Crippen LogP contribution in [0.4, 0.5) is 5.69 Å². The van der Waals surface area contributed by atoms with Crippen LogP contribution in [-0.2, 0) is 12.8 Å². The highest BCUT2D eigenvalue weighted by Crippen LogP contribution is 2.42. The van der Waals surface area contributed by atoms with E-state index in [1.807, 2.05) is 6.07 Å². The van der Waals surface area contributed by atoms with Gasteiger partial charge in [-0.3, -0.25) is 0 Å². The van der Waals surface area contributed by atoms with E-state index >= 15 is 0 Å². The third-order valence-corrected chi connectivity index (χ3v) is 4.07. The van der Waals surface area contributed by atoms with Crippen molar-refractivity contribution in [1.82, 2.24) is 0 Å². The molecule has 1 aromatic carbocycles. The van der Waals surface area contributed by atoms with Crippen molar-refractivity contribution in [3.63, 3.8) is 0 Å². The number of nitrogens with two attached hydrogens (primary N) is 1. The molecule has 1 unspecified atom stereocenters. The molecular weight excluding hydrogens is 170 g/mol. The summed E-state index contributed by atoms with van der Waals surface area (Å²) in [5, 5.41) is 0. The summed E-state index contributed by atoms with van der Waals surface area (Å²) >= 11 is 0. The van der Waals surface area contributed by atoms with E-state index in [0.29, 0.717) is 0 Å². The molecule has 1 fully saturated rings. The van der Waals surface area contributed by atoms with E-state index in [2.05, 4.69) is 12.1 Å². The van der Waals surface area contributed by atoms with Crippen LogP contribution < -0.4 is 5.73 Å². The van der Waals surface area contributed by atoms with Crippen LogP contribution in [-0.4, -0.2) is 0 Å². The molecule has 0 saturated heterocycles. The van der Waals surface area contributed by atoms with Crippen molar-refractivity contribution >= 4 is 5.69 Å². The monoisotopic (exact) mass is 187 g/mol. The Morgan fingerprint density at radius 1 is 1.07 bits per heavy atom. The number of fused-ring (bicyclic) bond motifs is 1. The summed E-state index contributed by atoms with van der Waals surface area (Å²) in [6.07, 6.45) is 6.89. The molecule has 1 atom stereocenters. The van der Waals surface area contributed by atoms with E-state index in [9.17, 15) is 0 Å². The van der Waals surface area contributed by atoms with Gasteiger partial charge in [-0.15, -0.1) is 0 Å². The summed E-state index contributed by atoms with van der Waals surface area (Å²) in [5.74, 6) is 1.91. The molecule has 0 aromatic heterocycles. The standard InChI is InChI=1S/C13H17N/c14-13-6-2-5-10-7-11(8-12(10)13)9-3-1-4-9/h2,5-6,9,11H,1,3-4,7-8,14H2. The Hall–Kier alpha value is -0.980. The minimum atomic E-state index is 0.906. The summed E-state index contributed by atoms with van der Waals surface area (Å²) in [7, 11) is 0. The van der Waals surface area contributed by atoms with Crippen molar-refractivity contribution in [3.05, 3.63) is 29.3 Å². The van der Waals surface area contributed by atoms with Crippen LogP contribution >= 0.6 is 0 Å². The van der Waals surface area contributed by atoms with Crippen molar-refractivity contribution in [2.24, 2.45) is 11.8 Å². The first kappa shape index (κ1) is 8.34. The number of benzene rings is 1. The molecule has 0 spiro atoms. The molecule has 2 N–H and O–H groups in total. The van der Waals surface area contributed by atoms with E-state index in [-0.39, 0.29) is 0 Å². The first-order valence-electron chi connectivity index (χ1n) is 5.71. The van der Waals surface area contributed by atoms with Gasteiger partial charge in [0.1, 0.15) is 0 Å². The third-order valence-electron chi connectivity index (χ3n) is 4.07. The summed E-state index contributed by atoms with van der Waals surface area (Å²) in [5.41, 5.74) is 9.98. The highest BCUT2D eigenvalue weighted by molar-refractivity contribution is 5.53. The lowest BCUT2D eigenvalue weighted by molar-refractivity contribution is 0.213. The van der Waals surface area contributed by atoms with E-state index in [1.165, 1.54) is 43.2 Å². The molecule has 14 heavy (non-hydrogen) atoms. The lowest BCUT2D eigenvalue weighted by Crippen LogP contribution is -2.22. The summed E-state index contributed by atoms with van der Waals surface area (Å²) in [6, 6.07) is 6.39. The lowest BCUT2D eigenvalue weighted by Gasteiger charge is -2.31. The molecule has 0 amide bonds. The average molecular weight is 187 g/mol. The minimum absolute atomic E-state index is 0.906. The normalized spacial score (nSPS) is 25.9. The van der Waals surface area contributed by atoms with Gasteiger partial charge in [-0.2, -0.15) is 0 Å². The molecule has 1 aromatic rings. The highest BCUT2D eigenvalue weighted by atomic mass is 14.6. The minimum Gasteiger partial charge on any atom is -0.398 e. The molecule has 2 aliphatic rings. The second-order valence-corrected chi connectivity index (χ2v) is 4.84. The van der Waals surface area contributed by atoms with Crippen molar-refractivity contribution in [2.45, 2.75) is 32.1 Å². The number of nitrogen functional groups attached to an aromatic ring is 1. The van der Waals surface area contributed by atoms with E-state index in [0.717, 1.165) is 17.5 Å². The maximum atomic E-state index is 5.99. The molecule has 0 aliphatic heterocycles. The quantitative estimate of drug-likeness (QED) is 0.672. The largest absolute Gasteiger partial charge is 0.398 e. The maximum Gasteiger partial charge on any atom is 0.0349 e. The maximum absolute atomic E-state index is 5.99. The Balaban J connectivity index is 1.86. The Morgan fingerprint density at radius 3 is 2.57 bits per heavy atom. The van der Waals surface area contributed by atoms with Gasteiger partial charge in [-0.05, 0) is 41.9 Å².